The van der Waals surface area contributed by atoms with Crippen molar-refractivity contribution in [3.63, 3.8) is 0 Å². The first-order chi connectivity index (χ1) is 6.17. The smallest absolute Gasteiger partial charge is 0.0363 e. The van der Waals surface area contributed by atoms with Gasteiger partial charge in [0, 0.05) is 0 Å². The Morgan fingerprint density at radius 2 is 1.46 bits per heavy atom. The van der Waals surface area contributed by atoms with Crippen LogP contribution in [0.2, 0.25) is 0 Å². The second-order valence-corrected chi connectivity index (χ2v) is 4.63. The molecule has 0 rings (SSSR count). The van der Waals surface area contributed by atoms with E-state index in [-0.39, 0.29) is 0 Å². The molecule has 13 heavy (non-hydrogen) atoms. The maximum Gasteiger partial charge on any atom is -0.0363 e. The van der Waals surface area contributed by atoms with Crippen molar-refractivity contribution < 1.29 is 0 Å². The second kappa shape index (κ2) is 7.41. The van der Waals surface area contributed by atoms with E-state index in [2.05, 4.69) is 34.6 Å². The zero-order chi connectivity index (χ0) is 10.3. The van der Waals surface area contributed by atoms with E-state index in [1.54, 1.807) is 0 Å². The van der Waals surface area contributed by atoms with Crippen LogP contribution < -0.4 is 0 Å². The molecule has 0 saturated heterocycles. The molecule has 0 aromatic heterocycles. The molecule has 1 unspecified atom stereocenters. The molecule has 0 bridgehead atoms. The topological polar surface area (TPSA) is 0 Å². The van der Waals surface area contributed by atoms with Crippen molar-refractivity contribution in [3.8, 4) is 0 Å². The molecule has 0 N–H and O–H groups in total. The van der Waals surface area contributed by atoms with Crippen molar-refractivity contribution in [2.75, 3.05) is 0 Å². The zero-order valence-electron chi connectivity index (χ0n) is 10.3. The van der Waals surface area contributed by atoms with Gasteiger partial charge in [-0.1, -0.05) is 60.3 Å². The molecule has 0 saturated carbocycles. The molecule has 0 nitrogen and oxygen atoms in total. The van der Waals surface area contributed by atoms with Gasteiger partial charge >= 0.3 is 0 Å². The summed E-state index contributed by atoms with van der Waals surface area (Å²) in [4.78, 5) is 0. The molecular weight excluding hydrogens is 156 g/mol. The Hall–Kier alpha value is 0. The van der Waals surface area contributed by atoms with E-state index >= 15 is 0 Å². The van der Waals surface area contributed by atoms with Gasteiger partial charge < -0.3 is 0 Å². The van der Waals surface area contributed by atoms with E-state index in [0.717, 1.165) is 17.8 Å². The van der Waals surface area contributed by atoms with E-state index in [1.807, 2.05) is 0 Å². The molecule has 80 valence electrons. The van der Waals surface area contributed by atoms with Crippen LogP contribution in [0.25, 0.3) is 0 Å². The third kappa shape index (κ3) is 4.69. The van der Waals surface area contributed by atoms with Crippen molar-refractivity contribution in [2.45, 2.75) is 66.7 Å². The molecule has 0 heterocycles. The highest BCUT2D eigenvalue weighted by molar-refractivity contribution is 4.71. The minimum atomic E-state index is 0.872. The van der Waals surface area contributed by atoms with Crippen LogP contribution in [0.4, 0.5) is 0 Å². The van der Waals surface area contributed by atoms with Gasteiger partial charge in [0.1, 0.15) is 0 Å². The molecule has 0 heteroatoms. The van der Waals surface area contributed by atoms with Gasteiger partial charge in [-0.15, -0.1) is 0 Å². The first-order valence-corrected chi connectivity index (χ1v) is 6.17. The lowest BCUT2D eigenvalue weighted by Crippen LogP contribution is -2.19. The van der Waals surface area contributed by atoms with E-state index in [9.17, 15) is 0 Å². The Morgan fingerprint density at radius 3 is 1.77 bits per heavy atom. The maximum atomic E-state index is 2.39. The molecule has 0 aliphatic carbocycles. The minimum absolute atomic E-state index is 0.872. The van der Waals surface area contributed by atoms with Gasteiger partial charge in [0.2, 0.25) is 0 Å². The monoisotopic (exact) mass is 184 g/mol. The molecule has 0 aromatic carbocycles. The average molecular weight is 184 g/mol. The van der Waals surface area contributed by atoms with Gasteiger partial charge in [-0.05, 0) is 24.2 Å². The largest absolute Gasteiger partial charge is 0.0654 e. The van der Waals surface area contributed by atoms with Gasteiger partial charge in [-0.3, -0.25) is 0 Å². The Balaban J connectivity index is 4.04. The van der Waals surface area contributed by atoms with Gasteiger partial charge in [-0.2, -0.15) is 0 Å². The zero-order valence-corrected chi connectivity index (χ0v) is 10.3. The second-order valence-electron chi connectivity index (χ2n) is 4.63. The number of hydrogen-bond acceptors (Lipinski definition) is 0. The molecule has 0 spiro atoms. The summed E-state index contributed by atoms with van der Waals surface area (Å²) < 4.78 is 0. The third-order valence-corrected chi connectivity index (χ3v) is 3.40. The normalized spacial score (nSPS) is 14.1. The quantitative estimate of drug-likeness (QED) is 0.528. The standard InChI is InChI=1S/C13H28/c1-6-9-10-13(11(4)5)12(7-2)8-3/h11-13H,6-10H2,1-5H3. The molecule has 0 aliphatic heterocycles. The fraction of sp³-hybridized carbons (Fsp3) is 1.00. The predicted octanol–water partition coefficient (Wildman–Crippen LogP) is 4.89. The van der Waals surface area contributed by atoms with E-state index in [4.69, 9.17) is 0 Å². The van der Waals surface area contributed by atoms with Crippen LogP contribution in [0.5, 0.6) is 0 Å². The summed E-state index contributed by atoms with van der Waals surface area (Å²) in [5, 5.41) is 0. The van der Waals surface area contributed by atoms with E-state index < -0.39 is 0 Å². The predicted molar refractivity (Wildman–Crippen MR) is 61.9 cm³/mol. The lowest BCUT2D eigenvalue weighted by molar-refractivity contribution is 0.220. The summed E-state index contributed by atoms with van der Waals surface area (Å²) in [5.74, 6) is 2.80. The molecular formula is C13H28. The Kier molecular flexibility index (Phi) is 7.41. The van der Waals surface area contributed by atoms with Crippen LogP contribution >= 0.6 is 0 Å². The summed E-state index contributed by atoms with van der Waals surface area (Å²) in [5.41, 5.74) is 0. The minimum Gasteiger partial charge on any atom is -0.0654 e. The highest BCUT2D eigenvalue weighted by atomic mass is 14.3. The molecule has 0 fully saturated rings. The van der Waals surface area contributed by atoms with Crippen LogP contribution in [0, 0.1) is 17.8 Å². The summed E-state index contributed by atoms with van der Waals surface area (Å²) in [6.07, 6.45) is 6.94. The van der Waals surface area contributed by atoms with Crippen LogP contribution in [0.1, 0.15) is 66.7 Å². The molecule has 0 radical (unpaired) electrons. The van der Waals surface area contributed by atoms with Gasteiger partial charge in [0.05, 0.1) is 0 Å². The van der Waals surface area contributed by atoms with Crippen LogP contribution in [0.3, 0.4) is 0 Å². The van der Waals surface area contributed by atoms with Gasteiger partial charge in [0.25, 0.3) is 0 Å². The highest BCUT2D eigenvalue weighted by Crippen LogP contribution is 2.30. The fourth-order valence-electron chi connectivity index (χ4n) is 2.45. The Morgan fingerprint density at radius 1 is 0.923 bits per heavy atom. The number of hydrogen-bond donors (Lipinski definition) is 0. The van der Waals surface area contributed by atoms with Gasteiger partial charge in [0.15, 0.2) is 0 Å². The average Bonchev–Trinajstić information content (AvgIpc) is 2.11. The molecule has 0 aliphatic rings. The van der Waals surface area contributed by atoms with Crippen molar-refractivity contribution in [1.29, 1.82) is 0 Å². The van der Waals surface area contributed by atoms with Crippen molar-refractivity contribution in [3.05, 3.63) is 0 Å². The van der Waals surface area contributed by atoms with Crippen molar-refractivity contribution in [1.82, 2.24) is 0 Å². The SMILES string of the molecule is CCCCC(C(C)C)C(CC)CC. The first kappa shape index (κ1) is 13.0. The van der Waals surface area contributed by atoms with E-state index in [0.29, 0.717) is 0 Å². The number of unbranched alkanes of at least 4 members (excludes halogenated alkanes) is 1. The lowest BCUT2D eigenvalue weighted by Gasteiger charge is -2.28. The maximum absolute atomic E-state index is 2.39. The molecule has 1 atom stereocenters. The van der Waals surface area contributed by atoms with Crippen LogP contribution in [-0.2, 0) is 0 Å². The molecule has 0 aromatic rings. The molecule has 0 amide bonds. The summed E-state index contributed by atoms with van der Waals surface area (Å²) in [7, 11) is 0. The summed E-state index contributed by atoms with van der Waals surface area (Å²) >= 11 is 0. The lowest BCUT2D eigenvalue weighted by atomic mass is 9.77. The highest BCUT2D eigenvalue weighted by Gasteiger charge is 2.20. The fourth-order valence-corrected chi connectivity index (χ4v) is 2.45. The summed E-state index contributed by atoms with van der Waals surface area (Å²) in [6.45, 7) is 11.8. The number of rotatable bonds is 7. The third-order valence-electron chi connectivity index (χ3n) is 3.40. The van der Waals surface area contributed by atoms with Crippen LogP contribution in [0.15, 0.2) is 0 Å². The summed E-state index contributed by atoms with van der Waals surface area (Å²) in [6, 6.07) is 0. The van der Waals surface area contributed by atoms with Crippen molar-refractivity contribution in [2.24, 2.45) is 17.8 Å². The first-order valence-electron chi connectivity index (χ1n) is 6.17. The van der Waals surface area contributed by atoms with Crippen LogP contribution in [-0.4, -0.2) is 0 Å². The Labute approximate surface area is 85.1 Å². The van der Waals surface area contributed by atoms with Crippen molar-refractivity contribution >= 4 is 0 Å². The Bertz CT molecular complexity index is 101. The van der Waals surface area contributed by atoms with Gasteiger partial charge in [-0.25, -0.2) is 0 Å². The van der Waals surface area contributed by atoms with E-state index in [1.165, 1.54) is 32.1 Å².